The maximum Gasteiger partial charge on any atom is 0.256 e. The largest absolute Gasteiger partial charge is 0.371 e. The fourth-order valence-electron chi connectivity index (χ4n) is 3.43. The topological polar surface area (TPSA) is 60.9 Å². The third-order valence-electron chi connectivity index (χ3n) is 5.03. The molecule has 1 heterocycles. The van der Waals surface area contributed by atoms with E-state index in [0.717, 1.165) is 37.2 Å². The number of benzene rings is 2. The van der Waals surface area contributed by atoms with Crippen molar-refractivity contribution in [1.82, 2.24) is 9.21 Å². The standard InChI is InChI=1S/C21H27N3O3S/c1-22(2)28(26,27)18-11-12-20(24-13-7-8-14-24)19(15-18)21(25)23(3)16-17-9-5-4-6-10-17/h4-6,9-12,15H,7-8,13-14,16H2,1-3H3. The van der Waals surface area contributed by atoms with E-state index in [1.165, 1.54) is 24.5 Å². The summed E-state index contributed by atoms with van der Waals surface area (Å²) in [4.78, 5) is 17.2. The number of hydrogen-bond acceptors (Lipinski definition) is 4. The molecule has 2 aromatic carbocycles. The molecule has 1 amide bonds. The van der Waals surface area contributed by atoms with Gasteiger partial charge in [0.05, 0.1) is 10.5 Å². The molecule has 1 aliphatic rings. The molecule has 1 aliphatic heterocycles. The molecular formula is C21H27N3O3S. The molecule has 0 unspecified atom stereocenters. The molecule has 0 saturated carbocycles. The van der Waals surface area contributed by atoms with E-state index in [9.17, 15) is 13.2 Å². The quantitative estimate of drug-likeness (QED) is 0.747. The number of anilines is 1. The molecule has 1 saturated heterocycles. The second-order valence-corrected chi connectivity index (χ2v) is 9.46. The lowest BCUT2D eigenvalue weighted by Gasteiger charge is -2.25. The van der Waals surface area contributed by atoms with Crippen molar-refractivity contribution in [2.24, 2.45) is 0 Å². The van der Waals surface area contributed by atoms with Gasteiger partial charge >= 0.3 is 0 Å². The van der Waals surface area contributed by atoms with Crippen molar-refractivity contribution in [2.75, 3.05) is 39.1 Å². The van der Waals surface area contributed by atoms with Crippen molar-refractivity contribution < 1.29 is 13.2 Å². The van der Waals surface area contributed by atoms with Crippen LogP contribution in [-0.2, 0) is 16.6 Å². The molecule has 0 aromatic heterocycles. The Morgan fingerprint density at radius 3 is 2.25 bits per heavy atom. The molecule has 6 nitrogen and oxygen atoms in total. The molecule has 7 heteroatoms. The molecular weight excluding hydrogens is 374 g/mol. The number of carbonyl (C=O) groups is 1. The van der Waals surface area contributed by atoms with E-state index in [2.05, 4.69) is 4.90 Å². The first-order chi connectivity index (χ1) is 13.3. The molecule has 0 bridgehead atoms. The van der Waals surface area contributed by atoms with Gasteiger partial charge in [-0.3, -0.25) is 4.79 Å². The Morgan fingerprint density at radius 1 is 1.00 bits per heavy atom. The van der Waals surface area contributed by atoms with Gasteiger partial charge in [-0.2, -0.15) is 0 Å². The summed E-state index contributed by atoms with van der Waals surface area (Å²) in [7, 11) is 1.12. The fraction of sp³-hybridized carbons (Fsp3) is 0.381. The third-order valence-corrected chi connectivity index (χ3v) is 6.84. The van der Waals surface area contributed by atoms with Crippen molar-refractivity contribution in [3.63, 3.8) is 0 Å². The lowest BCUT2D eigenvalue weighted by molar-refractivity contribution is 0.0785. The SMILES string of the molecule is CN(Cc1ccccc1)C(=O)c1cc(S(=O)(=O)N(C)C)ccc1N1CCCC1. The lowest BCUT2D eigenvalue weighted by atomic mass is 10.1. The van der Waals surface area contributed by atoms with Gasteiger partial charge in [-0.05, 0) is 36.6 Å². The maximum absolute atomic E-state index is 13.3. The normalized spacial score (nSPS) is 14.5. The summed E-state index contributed by atoms with van der Waals surface area (Å²) >= 11 is 0. The Labute approximate surface area is 167 Å². The van der Waals surface area contributed by atoms with Crippen molar-refractivity contribution in [3.8, 4) is 0 Å². The second-order valence-electron chi connectivity index (χ2n) is 7.31. The summed E-state index contributed by atoms with van der Waals surface area (Å²) in [5.74, 6) is -0.179. The van der Waals surface area contributed by atoms with Crippen LogP contribution in [0.4, 0.5) is 5.69 Å². The number of rotatable bonds is 6. The second kappa shape index (κ2) is 8.32. The highest BCUT2D eigenvalue weighted by atomic mass is 32.2. The first kappa shape index (κ1) is 20.4. The molecule has 0 spiro atoms. The molecule has 28 heavy (non-hydrogen) atoms. The van der Waals surface area contributed by atoms with Gasteiger partial charge in [-0.1, -0.05) is 30.3 Å². The van der Waals surface area contributed by atoms with Gasteiger partial charge in [0.1, 0.15) is 0 Å². The molecule has 2 aromatic rings. The van der Waals surface area contributed by atoms with Gasteiger partial charge in [-0.15, -0.1) is 0 Å². The Bertz CT molecular complexity index is 937. The zero-order valence-electron chi connectivity index (χ0n) is 16.6. The van der Waals surface area contributed by atoms with Crippen LogP contribution in [0.5, 0.6) is 0 Å². The summed E-state index contributed by atoms with van der Waals surface area (Å²) in [6, 6.07) is 14.6. The van der Waals surface area contributed by atoms with Gasteiger partial charge in [0.25, 0.3) is 5.91 Å². The van der Waals surface area contributed by atoms with Crippen LogP contribution in [0.25, 0.3) is 0 Å². The summed E-state index contributed by atoms with van der Waals surface area (Å²) in [5, 5.41) is 0. The Balaban J connectivity index is 1.98. The Kier molecular flexibility index (Phi) is 6.05. The monoisotopic (exact) mass is 401 g/mol. The minimum Gasteiger partial charge on any atom is -0.371 e. The number of hydrogen-bond donors (Lipinski definition) is 0. The highest BCUT2D eigenvalue weighted by molar-refractivity contribution is 7.89. The smallest absolute Gasteiger partial charge is 0.256 e. The van der Waals surface area contributed by atoms with Crippen molar-refractivity contribution in [1.29, 1.82) is 0 Å². The van der Waals surface area contributed by atoms with Crippen molar-refractivity contribution in [2.45, 2.75) is 24.3 Å². The van der Waals surface area contributed by atoms with Crippen LogP contribution in [0.2, 0.25) is 0 Å². The summed E-state index contributed by atoms with van der Waals surface area (Å²) in [6.45, 7) is 2.22. The van der Waals surface area contributed by atoms with Gasteiger partial charge in [0.15, 0.2) is 0 Å². The van der Waals surface area contributed by atoms with E-state index in [-0.39, 0.29) is 10.8 Å². The van der Waals surface area contributed by atoms with Crippen LogP contribution in [-0.4, -0.2) is 57.8 Å². The first-order valence-corrected chi connectivity index (χ1v) is 10.9. The molecule has 0 radical (unpaired) electrons. The fourth-order valence-corrected chi connectivity index (χ4v) is 4.35. The van der Waals surface area contributed by atoms with E-state index in [1.807, 2.05) is 30.3 Å². The van der Waals surface area contributed by atoms with Crippen LogP contribution >= 0.6 is 0 Å². The zero-order chi connectivity index (χ0) is 20.3. The van der Waals surface area contributed by atoms with Crippen LogP contribution in [0.15, 0.2) is 53.4 Å². The lowest BCUT2D eigenvalue weighted by Crippen LogP contribution is -2.30. The Hall–Kier alpha value is -2.38. The van der Waals surface area contributed by atoms with Gasteiger partial charge in [0.2, 0.25) is 10.0 Å². The molecule has 0 atom stereocenters. The predicted octanol–water partition coefficient (Wildman–Crippen LogP) is 2.81. The maximum atomic E-state index is 13.3. The highest BCUT2D eigenvalue weighted by Gasteiger charge is 2.26. The Morgan fingerprint density at radius 2 is 1.64 bits per heavy atom. The predicted molar refractivity (Wildman–Crippen MR) is 111 cm³/mol. The number of amides is 1. The van der Waals surface area contributed by atoms with Crippen molar-refractivity contribution >= 4 is 21.6 Å². The minimum absolute atomic E-state index is 0.136. The van der Waals surface area contributed by atoms with Crippen LogP contribution in [0, 0.1) is 0 Å². The van der Waals surface area contributed by atoms with E-state index in [1.54, 1.807) is 24.1 Å². The van der Waals surface area contributed by atoms with E-state index in [4.69, 9.17) is 0 Å². The van der Waals surface area contributed by atoms with E-state index >= 15 is 0 Å². The zero-order valence-corrected chi connectivity index (χ0v) is 17.4. The number of carbonyl (C=O) groups excluding carboxylic acids is 1. The summed E-state index contributed by atoms with van der Waals surface area (Å²) in [6.07, 6.45) is 2.15. The highest BCUT2D eigenvalue weighted by Crippen LogP contribution is 2.29. The third kappa shape index (κ3) is 4.20. The average molecular weight is 402 g/mol. The first-order valence-electron chi connectivity index (χ1n) is 9.41. The van der Waals surface area contributed by atoms with Crippen LogP contribution < -0.4 is 4.90 Å². The molecule has 3 rings (SSSR count). The summed E-state index contributed by atoms with van der Waals surface area (Å²) < 4.78 is 26.3. The molecule has 0 aliphatic carbocycles. The van der Waals surface area contributed by atoms with Crippen molar-refractivity contribution in [3.05, 3.63) is 59.7 Å². The number of nitrogens with zero attached hydrogens (tertiary/aromatic N) is 3. The minimum atomic E-state index is -3.61. The molecule has 150 valence electrons. The van der Waals surface area contributed by atoms with Gasteiger partial charge in [0, 0.05) is 46.5 Å². The number of sulfonamides is 1. The van der Waals surface area contributed by atoms with Gasteiger partial charge < -0.3 is 9.80 Å². The van der Waals surface area contributed by atoms with E-state index < -0.39 is 10.0 Å². The van der Waals surface area contributed by atoms with E-state index in [0.29, 0.717) is 12.1 Å². The van der Waals surface area contributed by atoms with Crippen LogP contribution in [0.1, 0.15) is 28.8 Å². The average Bonchev–Trinajstić information content (AvgIpc) is 3.22. The van der Waals surface area contributed by atoms with Gasteiger partial charge in [-0.25, -0.2) is 12.7 Å². The molecule has 1 fully saturated rings. The van der Waals surface area contributed by atoms with Crippen LogP contribution in [0.3, 0.4) is 0 Å². The molecule has 0 N–H and O–H groups in total. The summed E-state index contributed by atoms with van der Waals surface area (Å²) in [5.41, 5.74) is 2.27.